The van der Waals surface area contributed by atoms with Crippen LogP contribution < -0.4 is 4.74 Å². The van der Waals surface area contributed by atoms with Crippen molar-refractivity contribution in [2.24, 2.45) is 4.99 Å². The average Bonchev–Trinajstić information content (AvgIpc) is 3.05. The second-order valence-electron chi connectivity index (χ2n) is 9.64. The number of hydrogen-bond acceptors (Lipinski definition) is 10. The number of esters is 1. The number of benzene rings is 3. The Morgan fingerprint density at radius 2 is 1.09 bits per heavy atom. The maximum Gasteiger partial charge on any atom is 0.346 e. The summed E-state index contributed by atoms with van der Waals surface area (Å²) < 4.78 is 63.8. The normalized spacial score (nSPS) is 13.2. The molecule has 0 aliphatic heterocycles. The van der Waals surface area contributed by atoms with E-state index in [1.807, 2.05) is 60.7 Å². The highest BCUT2D eigenvalue weighted by Gasteiger charge is 2.58. The Kier molecular flexibility index (Phi) is 14.2. The zero-order valence-electron chi connectivity index (χ0n) is 26.7. The molecule has 45 heavy (non-hydrogen) atoms. The zero-order chi connectivity index (χ0) is 32.9. The molecule has 12 heteroatoms. The Morgan fingerprint density at radius 3 is 1.44 bits per heavy atom. The molecule has 244 valence electrons. The van der Waals surface area contributed by atoms with E-state index in [2.05, 4.69) is 0 Å². The van der Waals surface area contributed by atoms with Crippen LogP contribution in [0.25, 0.3) is 0 Å². The minimum absolute atomic E-state index is 0.0349. The topological polar surface area (TPSA) is 119 Å². The third-order valence-corrected chi connectivity index (χ3v) is 13.0. The van der Waals surface area contributed by atoms with Crippen molar-refractivity contribution in [1.82, 2.24) is 0 Å². The molecule has 0 aromatic heterocycles. The summed E-state index contributed by atoms with van der Waals surface area (Å²) in [7, 11) is -5.96. The molecule has 0 unspecified atom stereocenters. The molecular formula is C33H43NO9P2. The fourth-order valence-corrected chi connectivity index (χ4v) is 10.9. The van der Waals surface area contributed by atoms with E-state index in [1.54, 1.807) is 52.0 Å². The Bertz CT molecular complexity index is 1380. The molecule has 3 aromatic carbocycles. The van der Waals surface area contributed by atoms with E-state index >= 15 is 0 Å². The van der Waals surface area contributed by atoms with Crippen LogP contribution in [0.5, 0.6) is 5.75 Å². The number of carbonyl (C=O) groups is 1. The number of methoxy groups -OCH3 is 2. The van der Waals surface area contributed by atoms with E-state index in [0.29, 0.717) is 17.0 Å². The highest BCUT2D eigenvalue weighted by atomic mass is 31.2. The molecular weight excluding hydrogens is 616 g/mol. The maximum absolute atomic E-state index is 14.9. The van der Waals surface area contributed by atoms with Gasteiger partial charge in [0.15, 0.2) is 11.4 Å². The second kappa shape index (κ2) is 17.6. The van der Waals surface area contributed by atoms with Gasteiger partial charge in [-0.15, -0.1) is 0 Å². The monoisotopic (exact) mass is 659 g/mol. The molecule has 3 rings (SSSR count). The quantitative estimate of drug-likeness (QED) is 0.0768. The summed E-state index contributed by atoms with van der Waals surface area (Å²) in [6.45, 7) is 6.46. The highest BCUT2D eigenvalue weighted by molar-refractivity contribution is 7.72. The molecule has 0 bridgehead atoms. The number of hydrogen-bond donors (Lipinski definition) is 0. The predicted octanol–water partition coefficient (Wildman–Crippen LogP) is 7.72. The average molecular weight is 660 g/mol. The smallest absolute Gasteiger partial charge is 0.346 e. The summed E-state index contributed by atoms with van der Waals surface area (Å²) in [5.74, 6) is -1.46. The van der Waals surface area contributed by atoms with Gasteiger partial charge in [0.05, 0.1) is 46.4 Å². The minimum atomic E-state index is -4.36. The van der Waals surface area contributed by atoms with Crippen molar-refractivity contribution >= 4 is 26.9 Å². The van der Waals surface area contributed by atoms with Gasteiger partial charge in [-0.2, -0.15) is 0 Å². The molecule has 0 spiro atoms. The third-order valence-electron chi connectivity index (χ3n) is 6.85. The summed E-state index contributed by atoms with van der Waals surface area (Å²) in [4.78, 5) is 19.0. The number of ether oxygens (including phenoxy) is 2. The van der Waals surface area contributed by atoms with Crippen LogP contribution in [0.3, 0.4) is 0 Å². The summed E-state index contributed by atoms with van der Waals surface area (Å²) in [6, 6.07) is 24.0. The second-order valence-corrected chi connectivity index (χ2v) is 14.4. The first-order valence-electron chi connectivity index (χ1n) is 14.9. The lowest BCUT2D eigenvalue weighted by atomic mass is 9.92. The highest BCUT2D eigenvalue weighted by Crippen LogP contribution is 2.74. The van der Waals surface area contributed by atoms with E-state index in [0.717, 1.165) is 11.1 Å². The van der Waals surface area contributed by atoms with Crippen LogP contribution in [0.1, 0.15) is 50.3 Å². The van der Waals surface area contributed by atoms with Gasteiger partial charge in [-0.25, -0.2) is 4.79 Å². The van der Waals surface area contributed by atoms with E-state index < -0.39 is 38.5 Å². The van der Waals surface area contributed by atoms with Crippen LogP contribution in [-0.2, 0) is 36.8 Å². The Labute approximate surface area is 266 Å². The molecule has 0 saturated heterocycles. The molecule has 0 heterocycles. The molecule has 3 aromatic rings. The fourth-order valence-electron chi connectivity index (χ4n) is 5.06. The molecule has 10 nitrogen and oxygen atoms in total. The summed E-state index contributed by atoms with van der Waals surface area (Å²) >= 11 is 0. The van der Waals surface area contributed by atoms with Crippen LogP contribution in [0, 0.1) is 0 Å². The van der Waals surface area contributed by atoms with Crippen molar-refractivity contribution in [3.63, 3.8) is 0 Å². The van der Waals surface area contributed by atoms with Gasteiger partial charge in [0, 0.05) is 17.0 Å². The van der Waals surface area contributed by atoms with Crippen LogP contribution in [0.2, 0.25) is 0 Å². The van der Waals surface area contributed by atoms with Crippen LogP contribution in [0.4, 0.5) is 0 Å². The van der Waals surface area contributed by atoms with Crippen molar-refractivity contribution in [3.05, 3.63) is 102 Å². The van der Waals surface area contributed by atoms with Gasteiger partial charge in [0.2, 0.25) is 0 Å². The van der Waals surface area contributed by atoms with E-state index in [-0.39, 0.29) is 26.4 Å². The molecule has 0 amide bonds. The first kappa shape index (κ1) is 36.4. The largest absolute Gasteiger partial charge is 0.497 e. The Hall–Kier alpha value is -3.10. The van der Waals surface area contributed by atoms with Crippen molar-refractivity contribution in [1.29, 1.82) is 0 Å². The number of rotatable bonds is 18. The molecule has 0 N–H and O–H groups in total. The van der Waals surface area contributed by atoms with E-state index in [4.69, 9.17) is 32.6 Å². The van der Waals surface area contributed by atoms with Crippen molar-refractivity contribution in [2.75, 3.05) is 40.6 Å². The SMILES string of the molecule is CCOP(=O)(OCC)C([C@H](c1ccc(OC)cc1)[C@H](N=C(c1ccccc1)c1ccccc1)C(=O)OC)P(=O)(OCC)OCC. The predicted molar refractivity (Wildman–Crippen MR) is 176 cm³/mol. The number of nitrogens with zero attached hydrogens (tertiary/aromatic N) is 1. The van der Waals surface area contributed by atoms with Gasteiger partial charge in [0.1, 0.15) is 5.75 Å². The lowest BCUT2D eigenvalue weighted by molar-refractivity contribution is -0.142. The lowest BCUT2D eigenvalue weighted by Crippen LogP contribution is -2.37. The molecule has 2 atom stereocenters. The van der Waals surface area contributed by atoms with E-state index in [1.165, 1.54) is 14.2 Å². The third kappa shape index (κ3) is 9.01. The lowest BCUT2D eigenvalue weighted by Gasteiger charge is -2.38. The van der Waals surface area contributed by atoms with Crippen LogP contribution in [-0.4, -0.2) is 63.8 Å². The molecule has 0 aliphatic carbocycles. The molecule has 0 saturated carbocycles. The molecule has 0 radical (unpaired) electrons. The summed E-state index contributed by atoms with van der Waals surface area (Å²) in [5.41, 5.74) is 2.35. The van der Waals surface area contributed by atoms with Crippen LogP contribution >= 0.6 is 15.2 Å². The van der Waals surface area contributed by atoms with E-state index in [9.17, 15) is 13.9 Å². The number of aliphatic imine (C=N–C) groups is 1. The van der Waals surface area contributed by atoms with Crippen molar-refractivity contribution in [3.8, 4) is 5.75 Å². The first-order chi connectivity index (χ1) is 21.7. The van der Waals surface area contributed by atoms with Crippen molar-refractivity contribution < 1.29 is 41.5 Å². The maximum atomic E-state index is 14.9. The Morgan fingerprint density at radius 1 is 0.667 bits per heavy atom. The minimum Gasteiger partial charge on any atom is -0.497 e. The molecule has 0 fully saturated rings. The first-order valence-corrected chi connectivity index (χ1v) is 18.1. The van der Waals surface area contributed by atoms with Crippen LogP contribution in [0.15, 0.2) is 89.9 Å². The molecule has 0 aliphatic rings. The van der Waals surface area contributed by atoms with Gasteiger partial charge in [0.25, 0.3) is 0 Å². The fraction of sp³-hybridized carbons (Fsp3) is 0.394. The summed E-state index contributed by atoms with van der Waals surface area (Å²) in [5, 5.41) is -1.61. The van der Waals surface area contributed by atoms with Gasteiger partial charge >= 0.3 is 21.2 Å². The summed E-state index contributed by atoms with van der Waals surface area (Å²) in [6.07, 6.45) is 0. The van der Waals surface area contributed by atoms with Gasteiger partial charge < -0.3 is 27.6 Å². The standard InChI is InChI=1S/C33H43NO9P2/c1-7-40-44(36,41-8-2)33(45(37,42-9-3)43-10-4)29(25-21-23-28(38-5)24-22-25)31(32(35)39-6)34-30(26-17-13-11-14-18-26)27-19-15-12-16-20-27/h11-24,29,31,33H,7-10H2,1-6H3/t29-,31+/m1/s1. The van der Waals surface area contributed by atoms with Crippen molar-refractivity contribution in [2.45, 2.75) is 45.1 Å². The Balaban J connectivity index is 2.50. The van der Waals surface area contributed by atoms with Gasteiger partial charge in [-0.05, 0) is 45.4 Å². The number of carbonyl (C=O) groups excluding carboxylic acids is 1. The van der Waals surface area contributed by atoms with Gasteiger partial charge in [-0.1, -0.05) is 72.8 Å². The zero-order valence-corrected chi connectivity index (χ0v) is 28.4. The van der Waals surface area contributed by atoms with Gasteiger partial charge in [-0.3, -0.25) is 14.1 Å².